The summed E-state index contributed by atoms with van der Waals surface area (Å²) in [7, 11) is 0. The minimum atomic E-state index is -0.0130. The molecular weight excluding hydrogens is 218 g/mol. The molecule has 0 aromatic rings. The van der Waals surface area contributed by atoms with E-state index in [0.717, 1.165) is 32.8 Å². The quantitative estimate of drug-likeness (QED) is 0.463. The van der Waals surface area contributed by atoms with Crippen LogP contribution in [-0.4, -0.2) is 62.8 Å². The zero-order chi connectivity index (χ0) is 12.5. The zero-order valence-corrected chi connectivity index (χ0v) is 10.4. The highest BCUT2D eigenvalue weighted by Gasteiger charge is 2.14. The smallest absolute Gasteiger partial charge is 0.234 e. The molecule has 0 aromatic heterocycles. The molecular formula is C12H21N3O2. The first-order valence-electron chi connectivity index (χ1n) is 5.96. The summed E-state index contributed by atoms with van der Waals surface area (Å²) in [6.07, 6.45) is 5.08. The summed E-state index contributed by atoms with van der Waals surface area (Å²) >= 11 is 0. The van der Waals surface area contributed by atoms with Gasteiger partial charge < -0.3 is 10.1 Å². The van der Waals surface area contributed by atoms with Gasteiger partial charge in [0.2, 0.25) is 5.91 Å². The number of amides is 1. The molecule has 1 rings (SSSR count). The molecule has 1 aliphatic heterocycles. The summed E-state index contributed by atoms with van der Waals surface area (Å²) in [5, 5.41) is 5.80. The van der Waals surface area contributed by atoms with E-state index in [2.05, 4.69) is 21.5 Å². The van der Waals surface area contributed by atoms with Crippen molar-refractivity contribution in [1.29, 1.82) is 0 Å². The SMILES string of the molecule is C#CCNCC(=O)NC(C)CN1CCOCC1. The molecule has 1 unspecified atom stereocenters. The van der Waals surface area contributed by atoms with Crippen LogP contribution < -0.4 is 10.6 Å². The summed E-state index contributed by atoms with van der Waals surface area (Å²) in [6, 6.07) is 0.147. The topological polar surface area (TPSA) is 53.6 Å². The molecule has 1 amide bonds. The van der Waals surface area contributed by atoms with E-state index in [1.165, 1.54) is 0 Å². The number of hydrogen-bond donors (Lipinski definition) is 2. The van der Waals surface area contributed by atoms with E-state index in [1.807, 2.05) is 6.92 Å². The molecule has 0 radical (unpaired) electrons. The molecule has 2 N–H and O–H groups in total. The van der Waals surface area contributed by atoms with E-state index in [-0.39, 0.29) is 18.5 Å². The summed E-state index contributed by atoms with van der Waals surface area (Å²) < 4.78 is 5.27. The maximum Gasteiger partial charge on any atom is 0.234 e. The van der Waals surface area contributed by atoms with Gasteiger partial charge in [-0.1, -0.05) is 5.92 Å². The lowest BCUT2D eigenvalue weighted by atomic mass is 10.3. The number of terminal acetylenes is 1. The molecule has 0 spiro atoms. The largest absolute Gasteiger partial charge is 0.379 e. The van der Waals surface area contributed by atoms with Crippen molar-refractivity contribution in [2.45, 2.75) is 13.0 Å². The van der Waals surface area contributed by atoms with Crippen LogP contribution in [0.25, 0.3) is 0 Å². The lowest BCUT2D eigenvalue weighted by molar-refractivity contribution is -0.121. The molecule has 0 bridgehead atoms. The lowest BCUT2D eigenvalue weighted by Gasteiger charge is -2.29. The van der Waals surface area contributed by atoms with Crippen LogP contribution >= 0.6 is 0 Å². The highest BCUT2D eigenvalue weighted by atomic mass is 16.5. The van der Waals surface area contributed by atoms with Gasteiger partial charge in [0.1, 0.15) is 0 Å². The van der Waals surface area contributed by atoms with Crippen molar-refractivity contribution in [2.24, 2.45) is 0 Å². The van der Waals surface area contributed by atoms with Crippen molar-refractivity contribution in [1.82, 2.24) is 15.5 Å². The van der Waals surface area contributed by atoms with Crippen LogP contribution in [0, 0.1) is 12.3 Å². The molecule has 5 heteroatoms. The third-order valence-corrected chi connectivity index (χ3v) is 2.56. The van der Waals surface area contributed by atoms with Crippen molar-refractivity contribution >= 4 is 5.91 Å². The highest BCUT2D eigenvalue weighted by Crippen LogP contribution is 1.98. The number of nitrogens with one attached hydrogen (secondary N) is 2. The predicted octanol–water partition coefficient (Wildman–Crippen LogP) is -0.954. The van der Waals surface area contributed by atoms with Crippen LogP contribution in [0.3, 0.4) is 0 Å². The zero-order valence-electron chi connectivity index (χ0n) is 10.4. The van der Waals surface area contributed by atoms with Crippen molar-refractivity contribution in [3.63, 3.8) is 0 Å². The molecule has 1 heterocycles. The van der Waals surface area contributed by atoms with E-state index in [0.29, 0.717) is 6.54 Å². The Morgan fingerprint density at radius 3 is 2.88 bits per heavy atom. The fraction of sp³-hybridized carbons (Fsp3) is 0.750. The van der Waals surface area contributed by atoms with E-state index >= 15 is 0 Å². The van der Waals surface area contributed by atoms with Gasteiger partial charge in [0.05, 0.1) is 26.3 Å². The minimum absolute atomic E-state index is 0.0130. The Bertz CT molecular complexity index is 269. The van der Waals surface area contributed by atoms with E-state index in [4.69, 9.17) is 11.2 Å². The van der Waals surface area contributed by atoms with Gasteiger partial charge >= 0.3 is 0 Å². The first-order valence-corrected chi connectivity index (χ1v) is 5.96. The summed E-state index contributed by atoms with van der Waals surface area (Å²) in [4.78, 5) is 13.8. The Morgan fingerprint density at radius 2 is 2.24 bits per heavy atom. The van der Waals surface area contributed by atoms with Gasteiger partial charge in [-0.15, -0.1) is 6.42 Å². The molecule has 1 aliphatic rings. The Kier molecular flexibility index (Phi) is 6.63. The Balaban J connectivity index is 2.12. The van der Waals surface area contributed by atoms with Crippen LogP contribution in [0.15, 0.2) is 0 Å². The second-order valence-electron chi connectivity index (χ2n) is 4.19. The normalized spacial score (nSPS) is 18.4. The van der Waals surface area contributed by atoms with Crippen LogP contribution in [0.1, 0.15) is 6.92 Å². The van der Waals surface area contributed by atoms with Gasteiger partial charge in [0, 0.05) is 25.7 Å². The van der Waals surface area contributed by atoms with Crippen LogP contribution in [0.2, 0.25) is 0 Å². The molecule has 1 atom stereocenters. The van der Waals surface area contributed by atoms with Crippen molar-refractivity contribution in [3.05, 3.63) is 0 Å². The Morgan fingerprint density at radius 1 is 1.53 bits per heavy atom. The molecule has 1 saturated heterocycles. The van der Waals surface area contributed by atoms with E-state index in [9.17, 15) is 4.79 Å². The molecule has 5 nitrogen and oxygen atoms in total. The van der Waals surface area contributed by atoms with Gasteiger partial charge in [-0.05, 0) is 6.92 Å². The van der Waals surface area contributed by atoms with Gasteiger partial charge in [0.25, 0.3) is 0 Å². The summed E-state index contributed by atoms with van der Waals surface area (Å²) in [6.45, 7) is 7.02. The number of carbonyl (C=O) groups excluding carboxylic acids is 1. The average molecular weight is 239 g/mol. The maximum absolute atomic E-state index is 11.5. The first kappa shape index (κ1) is 14.0. The number of hydrogen-bond acceptors (Lipinski definition) is 4. The van der Waals surface area contributed by atoms with Crippen LogP contribution in [0.4, 0.5) is 0 Å². The number of morpholine rings is 1. The standard InChI is InChI=1S/C12H21N3O2/c1-3-4-13-9-12(16)14-11(2)10-15-5-7-17-8-6-15/h1,11,13H,4-10H2,2H3,(H,14,16). The molecule has 0 aromatic carbocycles. The number of carbonyl (C=O) groups is 1. The van der Waals surface area contributed by atoms with E-state index in [1.54, 1.807) is 0 Å². The minimum Gasteiger partial charge on any atom is -0.379 e. The second-order valence-corrected chi connectivity index (χ2v) is 4.19. The summed E-state index contributed by atoms with van der Waals surface area (Å²) in [5.41, 5.74) is 0. The molecule has 0 aliphatic carbocycles. The Labute approximate surface area is 103 Å². The van der Waals surface area contributed by atoms with Crippen molar-refractivity contribution in [2.75, 3.05) is 45.9 Å². The second kappa shape index (κ2) is 8.07. The Hall–Kier alpha value is -1.09. The summed E-state index contributed by atoms with van der Waals surface area (Å²) in [5.74, 6) is 2.42. The highest BCUT2D eigenvalue weighted by molar-refractivity contribution is 5.78. The molecule has 0 saturated carbocycles. The molecule has 96 valence electrons. The third-order valence-electron chi connectivity index (χ3n) is 2.56. The van der Waals surface area contributed by atoms with Gasteiger partial charge in [-0.2, -0.15) is 0 Å². The number of rotatable bonds is 6. The first-order chi connectivity index (χ1) is 8.22. The van der Waals surface area contributed by atoms with Crippen molar-refractivity contribution in [3.8, 4) is 12.3 Å². The van der Waals surface area contributed by atoms with Crippen LogP contribution in [0.5, 0.6) is 0 Å². The lowest BCUT2D eigenvalue weighted by Crippen LogP contribution is -2.47. The van der Waals surface area contributed by atoms with Gasteiger partial charge in [-0.3, -0.25) is 15.0 Å². The average Bonchev–Trinajstić information content (AvgIpc) is 2.30. The number of nitrogens with zero attached hydrogens (tertiary/aromatic N) is 1. The fourth-order valence-electron chi connectivity index (χ4n) is 1.79. The van der Waals surface area contributed by atoms with Crippen LogP contribution in [-0.2, 0) is 9.53 Å². The maximum atomic E-state index is 11.5. The van der Waals surface area contributed by atoms with Gasteiger partial charge in [0.15, 0.2) is 0 Å². The molecule has 17 heavy (non-hydrogen) atoms. The van der Waals surface area contributed by atoms with Gasteiger partial charge in [-0.25, -0.2) is 0 Å². The van der Waals surface area contributed by atoms with Crippen molar-refractivity contribution < 1.29 is 9.53 Å². The monoisotopic (exact) mass is 239 g/mol. The van der Waals surface area contributed by atoms with E-state index < -0.39 is 0 Å². The molecule has 1 fully saturated rings. The predicted molar refractivity (Wildman–Crippen MR) is 66.6 cm³/mol. The number of ether oxygens (including phenoxy) is 1. The fourth-order valence-corrected chi connectivity index (χ4v) is 1.79. The third kappa shape index (κ3) is 6.27.